The maximum absolute atomic E-state index is 13.1. The zero-order chi connectivity index (χ0) is 22.2. The number of sulfonamides is 1. The van der Waals surface area contributed by atoms with Crippen LogP contribution in [0.25, 0.3) is 0 Å². The van der Waals surface area contributed by atoms with Crippen molar-refractivity contribution in [3.8, 4) is 5.75 Å². The topological polar surface area (TPSA) is 89.3 Å². The van der Waals surface area contributed by atoms with Crippen molar-refractivity contribution in [3.05, 3.63) is 59.7 Å². The van der Waals surface area contributed by atoms with Crippen molar-refractivity contribution in [2.24, 2.45) is 7.05 Å². The molecule has 3 aromatic rings. The van der Waals surface area contributed by atoms with Gasteiger partial charge in [-0.1, -0.05) is 6.07 Å². The second-order valence-corrected chi connectivity index (χ2v) is 9.75. The van der Waals surface area contributed by atoms with E-state index in [1.165, 1.54) is 6.20 Å². The van der Waals surface area contributed by atoms with Gasteiger partial charge in [0, 0.05) is 54.9 Å². The van der Waals surface area contributed by atoms with E-state index in [2.05, 4.69) is 10.4 Å². The van der Waals surface area contributed by atoms with Gasteiger partial charge >= 0.3 is 0 Å². The summed E-state index contributed by atoms with van der Waals surface area (Å²) in [6.45, 7) is 4.59. The molecule has 31 heavy (non-hydrogen) atoms. The molecule has 3 heterocycles. The highest BCUT2D eigenvalue weighted by Gasteiger charge is 2.35. The summed E-state index contributed by atoms with van der Waals surface area (Å²) in [7, 11) is -0.189. The molecule has 0 unspecified atom stereocenters. The first-order valence-electron chi connectivity index (χ1n) is 10.2. The molecule has 1 fully saturated rings. The van der Waals surface area contributed by atoms with E-state index in [1.54, 1.807) is 30.1 Å². The van der Waals surface area contributed by atoms with Crippen LogP contribution in [0.3, 0.4) is 0 Å². The van der Waals surface area contributed by atoms with E-state index in [1.807, 2.05) is 43.3 Å². The van der Waals surface area contributed by atoms with Crippen LogP contribution in [0.2, 0.25) is 0 Å². The molecule has 0 bridgehead atoms. The molecular formula is C22H27N5O3S. The molecule has 0 saturated carbocycles. The van der Waals surface area contributed by atoms with Gasteiger partial charge in [-0.3, -0.25) is 9.67 Å². The van der Waals surface area contributed by atoms with Crippen LogP contribution in [-0.2, 0) is 17.1 Å². The van der Waals surface area contributed by atoms with Crippen molar-refractivity contribution in [3.63, 3.8) is 0 Å². The third-order valence-electron chi connectivity index (χ3n) is 5.71. The molecule has 0 aliphatic carbocycles. The fourth-order valence-electron chi connectivity index (χ4n) is 3.90. The predicted octanol–water partition coefficient (Wildman–Crippen LogP) is 3.36. The first-order chi connectivity index (χ1) is 14.8. The van der Waals surface area contributed by atoms with Gasteiger partial charge in [0.2, 0.25) is 10.0 Å². The Morgan fingerprint density at radius 1 is 1.16 bits per heavy atom. The van der Waals surface area contributed by atoms with Crippen LogP contribution < -0.4 is 10.1 Å². The number of pyridine rings is 1. The maximum Gasteiger partial charge on any atom is 0.246 e. The smallest absolute Gasteiger partial charge is 0.246 e. The molecule has 1 N–H and O–H groups in total. The highest BCUT2D eigenvalue weighted by atomic mass is 32.2. The molecule has 4 rings (SSSR count). The Morgan fingerprint density at radius 3 is 2.68 bits per heavy atom. The van der Waals surface area contributed by atoms with Crippen LogP contribution in [-0.4, -0.2) is 47.7 Å². The lowest BCUT2D eigenvalue weighted by atomic mass is 10.0. The van der Waals surface area contributed by atoms with Crippen LogP contribution >= 0.6 is 0 Å². The van der Waals surface area contributed by atoms with Gasteiger partial charge in [0.25, 0.3) is 0 Å². The van der Waals surface area contributed by atoms with Crippen molar-refractivity contribution in [1.82, 2.24) is 19.1 Å². The maximum atomic E-state index is 13.1. The molecule has 1 aliphatic heterocycles. The van der Waals surface area contributed by atoms with Gasteiger partial charge in [0.1, 0.15) is 10.6 Å². The quantitative estimate of drug-likeness (QED) is 0.631. The number of hydrogen-bond donors (Lipinski definition) is 1. The number of hydrogen-bond acceptors (Lipinski definition) is 6. The van der Waals surface area contributed by atoms with Gasteiger partial charge in [-0.2, -0.15) is 9.40 Å². The molecule has 1 aromatic carbocycles. The minimum absolute atomic E-state index is 0.0394. The third kappa shape index (κ3) is 4.28. The predicted molar refractivity (Wildman–Crippen MR) is 119 cm³/mol. The number of methoxy groups -OCH3 is 1. The molecule has 164 valence electrons. The first-order valence-corrected chi connectivity index (χ1v) is 11.6. The Morgan fingerprint density at radius 2 is 1.97 bits per heavy atom. The molecule has 0 radical (unpaired) electrons. The summed E-state index contributed by atoms with van der Waals surface area (Å²) in [6, 6.07) is 11.7. The van der Waals surface area contributed by atoms with E-state index < -0.39 is 10.0 Å². The molecular weight excluding hydrogens is 414 g/mol. The number of rotatable bonds is 6. The molecule has 1 atom stereocenters. The van der Waals surface area contributed by atoms with E-state index >= 15 is 0 Å². The minimum Gasteiger partial charge on any atom is -0.497 e. The summed E-state index contributed by atoms with van der Waals surface area (Å²) in [5.74, 6) is 0.816. The minimum atomic E-state index is -3.57. The number of aryl methyl sites for hydroxylation is 2. The van der Waals surface area contributed by atoms with Crippen LogP contribution in [0.1, 0.15) is 29.4 Å². The molecule has 0 spiro atoms. The Bertz CT molecular complexity index is 1210. The molecule has 8 nitrogen and oxygen atoms in total. The number of aromatic nitrogens is 3. The SMILES string of the molecule is COc1cccc(Nc2cc(C)nc([C@H]3CCN(S(=O)(=O)c4cnn(C)c4C)C3)c2)c1. The lowest BCUT2D eigenvalue weighted by Crippen LogP contribution is -2.29. The largest absolute Gasteiger partial charge is 0.497 e. The van der Waals surface area contributed by atoms with Crippen molar-refractivity contribution in [2.45, 2.75) is 31.1 Å². The summed E-state index contributed by atoms with van der Waals surface area (Å²) in [6.07, 6.45) is 2.16. The van der Waals surface area contributed by atoms with Gasteiger partial charge in [-0.25, -0.2) is 8.42 Å². The standard InChI is InChI=1S/C22H27N5O3S/c1-15-10-19(25-18-6-5-7-20(11-18)30-4)12-21(24-15)17-8-9-27(14-17)31(28,29)22-13-23-26(3)16(22)2/h5-7,10-13,17H,8-9,14H2,1-4H3,(H,24,25)/t17-/m0/s1. The lowest BCUT2D eigenvalue weighted by Gasteiger charge is -2.17. The van der Waals surface area contributed by atoms with E-state index in [-0.39, 0.29) is 10.8 Å². The van der Waals surface area contributed by atoms with Crippen LogP contribution in [0.15, 0.2) is 47.5 Å². The summed E-state index contributed by atoms with van der Waals surface area (Å²) >= 11 is 0. The van der Waals surface area contributed by atoms with Gasteiger partial charge in [-0.15, -0.1) is 0 Å². The Balaban J connectivity index is 1.54. The zero-order valence-electron chi connectivity index (χ0n) is 18.2. The van der Waals surface area contributed by atoms with Crippen molar-refractivity contribution in [2.75, 3.05) is 25.5 Å². The fraction of sp³-hybridized carbons (Fsp3) is 0.364. The summed E-state index contributed by atoms with van der Waals surface area (Å²) in [4.78, 5) is 4.97. The van der Waals surface area contributed by atoms with Crippen molar-refractivity contribution >= 4 is 21.4 Å². The summed E-state index contributed by atoms with van der Waals surface area (Å²) in [5, 5.41) is 7.49. The van der Waals surface area contributed by atoms with E-state index in [0.29, 0.717) is 18.8 Å². The molecule has 2 aromatic heterocycles. The second-order valence-electron chi connectivity index (χ2n) is 7.85. The average molecular weight is 442 g/mol. The number of anilines is 2. The highest BCUT2D eigenvalue weighted by molar-refractivity contribution is 7.89. The number of ether oxygens (including phenoxy) is 1. The van der Waals surface area contributed by atoms with Crippen LogP contribution in [0, 0.1) is 13.8 Å². The monoisotopic (exact) mass is 441 g/mol. The molecule has 1 saturated heterocycles. The van der Waals surface area contributed by atoms with Gasteiger partial charge < -0.3 is 10.1 Å². The van der Waals surface area contributed by atoms with Crippen molar-refractivity contribution in [1.29, 1.82) is 0 Å². The fourth-order valence-corrected chi connectivity index (χ4v) is 5.59. The lowest BCUT2D eigenvalue weighted by molar-refractivity contribution is 0.415. The summed E-state index contributed by atoms with van der Waals surface area (Å²) < 4.78 is 34.6. The number of nitrogens with one attached hydrogen (secondary N) is 1. The molecule has 1 aliphatic rings. The highest BCUT2D eigenvalue weighted by Crippen LogP contribution is 2.33. The van der Waals surface area contributed by atoms with Gasteiger partial charge in [-0.05, 0) is 44.5 Å². The van der Waals surface area contributed by atoms with Gasteiger partial charge in [0.05, 0.1) is 19.0 Å². The van der Waals surface area contributed by atoms with E-state index in [9.17, 15) is 8.42 Å². The Kier molecular flexibility index (Phi) is 5.72. The van der Waals surface area contributed by atoms with Crippen LogP contribution in [0.4, 0.5) is 11.4 Å². The number of benzene rings is 1. The Hall–Kier alpha value is -2.91. The number of nitrogens with zero attached hydrogens (tertiary/aromatic N) is 4. The normalized spacial score (nSPS) is 17.1. The van der Waals surface area contributed by atoms with Crippen LogP contribution in [0.5, 0.6) is 5.75 Å². The molecule has 9 heteroatoms. The zero-order valence-corrected chi connectivity index (χ0v) is 19.0. The second kappa shape index (κ2) is 8.32. The first kappa shape index (κ1) is 21.3. The molecule has 0 amide bonds. The third-order valence-corrected chi connectivity index (χ3v) is 7.68. The Labute approximate surface area is 182 Å². The van der Waals surface area contributed by atoms with Gasteiger partial charge in [0.15, 0.2) is 0 Å². The van der Waals surface area contributed by atoms with Crippen molar-refractivity contribution < 1.29 is 13.2 Å². The average Bonchev–Trinajstić information content (AvgIpc) is 3.36. The van der Waals surface area contributed by atoms with E-state index in [4.69, 9.17) is 9.72 Å². The van der Waals surface area contributed by atoms with E-state index in [0.717, 1.165) is 34.9 Å². The summed E-state index contributed by atoms with van der Waals surface area (Å²) in [5.41, 5.74) is 4.25.